The Kier molecular flexibility index (Phi) is 3.73. The molecule has 0 unspecified atom stereocenters. The Labute approximate surface area is 117 Å². The van der Waals surface area contributed by atoms with Gasteiger partial charge in [0, 0.05) is 12.1 Å². The van der Waals surface area contributed by atoms with Crippen LogP contribution in [-0.2, 0) is 0 Å². The van der Waals surface area contributed by atoms with E-state index in [1.54, 1.807) is 12.3 Å². The molecule has 1 saturated carbocycles. The molecule has 106 valence electrons. The van der Waals surface area contributed by atoms with E-state index in [0.29, 0.717) is 29.2 Å². The molecule has 2 heterocycles. The topological polar surface area (TPSA) is 90.7 Å². The first-order valence-electron chi connectivity index (χ1n) is 7.10. The summed E-state index contributed by atoms with van der Waals surface area (Å²) in [5.74, 6) is 3.00. The molecule has 6 nitrogen and oxygen atoms in total. The summed E-state index contributed by atoms with van der Waals surface area (Å²) in [6, 6.07) is 1.80. The average Bonchev–Trinajstić information content (AvgIpc) is 2.97. The fourth-order valence-corrected chi connectivity index (χ4v) is 2.73. The molecule has 0 aliphatic heterocycles. The summed E-state index contributed by atoms with van der Waals surface area (Å²) >= 11 is 0. The van der Waals surface area contributed by atoms with Gasteiger partial charge in [-0.3, -0.25) is 0 Å². The van der Waals surface area contributed by atoms with Gasteiger partial charge >= 0.3 is 0 Å². The number of nitrogens with zero attached hydrogens (tertiary/aromatic N) is 4. The summed E-state index contributed by atoms with van der Waals surface area (Å²) < 4.78 is 5.41. The second kappa shape index (κ2) is 5.66. The summed E-state index contributed by atoms with van der Waals surface area (Å²) in [6.07, 6.45) is 6.15. The second-order valence-corrected chi connectivity index (χ2v) is 5.40. The summed E-state index contributed by atoms with van der Waals surface area (Å²) in [5.41, 5.74) is 6.43. The zero-order valence-corrected chi connectivity index (χ0v) is 11.6. The first kappa shape index (κ1) is 13.2. The molecule has 0 spiro atoms. The summed E-state index contributed by atoms with van der Waals surface area (Å²) in [6.45, 7) is 2.63. The third-order valence-corrected chi connectivity index (χ3v) is 3.98. The lowest BCUT2D eigenvalue weighted by Crippen LogP contribution is -2.20. The first-order valence-corrected chi connectivity index (χ1v) is 7.10. The van der Waals surface area contributed by atoms with Gasteiger partial charge in [0.2, 0.25) is 11.7 Å². The highest BCUT2D eigenvalue weighted by Gasteiger charge is 2.26. The van der Waals surface area contributed by atoms with Gasteiger partial charge in [-0.2, -0.15) is 4.98 Å². The van der Waals surface area contributed by atoms with Gasteiger partial charge in [-0.25, -0.2) is 9.97 Å². The molecule has 1 fully saturated rings. The molecular weight excluding hydrogens is 254 g/mol. The molecule has 0 radical (unpaired) electrons. The third-order valence-electron chi connectivity index (χ3n) is 3.98. The molecule has 2 N–H and O–H groups in total. The van der Waals surface area contributed by atoms with Gasteiger partial charge in [0.1, 0.15) is 11.5 Å². The van der Waals surface area contributed by atoms with Crippen LogP contribution in [0.5, 0.6) is 0 Å². The van der Waals surface area contributed by atoms with E-state index >= 15 is 0 Å². The number of aromatic nitrogens is 4. The molecule has 0 aromatic carbocycles. The lowest BCUT2D eigenvalue weighted by Gasteiger charge is -2.24. The molecule has 0 saturated heterocycles. The van der Waals surface area contributed by atoms with Crippen LogP contribution < -0.4 is 5.73 Å². The van der Waals surface area contributed by atoms with Crippen LogP contribution >= 0.6 is 0 Å². The molecule has 0 bridgehead atoms. The smallest absolute Gasteiger partial charge is 0.230 e. The van der Waals surface area contributed by atoms with Crippen LogP contribution in [0.1, 0.15) is 43.3 Å². The number of hydrogen-bond acceptors (Lipinski definition) is 6. The van der Waals surface area contributed by atoms with Crippen molar-refractivity contribution in [1.29, 1.82) is 0 Å². The Morgan fingerprint density at radius 2 is 2.05 bits per heavy atom. The van der Waals surface area contributed by atoms with Gasteiger partial charge < -0.3 is 10.3 Å². The summed E-state index contributed by atoms with van der Waals surface area (Å²) in [5, 5.41) is 4.04. The van der Waals surface area contributed by atoms with Gasteiger partial charge in [-0.1, -0.05) is 5.16 Å². The Morgan fingerprint density at radius 1 is 1.25 bits per heavy atom. The predicted molar refractivity (Wildman–Crippen MR) is 73.8 cm³/mol. The number of aryl methyl sites for hydroxylation is 1. The Balaban J connectivity index is 1.74. The fourth-order valence-electron chi connectivity index (χ4n) is 2.73. The Morgan fingerprint density at radius 3 is 2.75 bits per heavy atom. The molecular formula is C14H19N5O. The van der Waals surface area contributed by atoms with Crippen LogP contribution in [0.2, 0.25) is 0 Å². The summed E-state index contributed by atoms with van der Waals surface area (Å²) in [7, 11) is 0. The van der Waals surface area contributed by atoms with Crippen LogP contribution in [0.25, 0.3) is 11.5 Å². The molecule has 20 heavy (non-hydrogen) atoms. The van der Waals surface area contributed by atoms with Crippen molar-refractivity contribution in [3.63, 3.8) is 0 Å². The molecule has 1 aliphatic rings. The average molecular weight is 273 g/mol. The van der Waals surface area contributed by atoms with Crippen molar-refractivity contribution >= 4 is 0 Å². The lowest BCUT2D eigenvalue weighted by molar-refractivity contribution is 0.275. The number of nitrogens with two attached hydrogens (primary N) is 1. The third kappa shape index (κ3) is 2.70. The maximum Gasteiger partial charge on any atom is 0.230 e. The lowest BCUT2D eigenvalue weighted by atomic mass is 9.82. The number of hydrogen-bond donors (Lipinski definition) is 1. The molecule has 2 aromatic rings. The largest absolute Gasteiger partial charge is 0.339 e. The van der Waals surface area contributed by atoms with E-state index in [4.69, 9.17) is 10.3 Å². The highest BCUT2D eigenvalue weighted by molar-refractivity contribution is 5.47. The fraction of sp³-hybridized carbons (Fsp3) is 0.571. The van der Waals surface area contributed by atoms with Crippen LogP contribution in [0.3, 0.4) is 0 Å². The molecule has 0 atom stereocenters. The van der Waals surface area contributed by atoms with E-state index in [2.05, 4.69) is 20.1 Å². The molecule has 0 amide bonds. The van der Waals surface area contributed by atoms with Crippen LogP contribution in [-0.4, -0.2) is 26.7 Å². The molecule has 6 heteroatoms. The van der Waals surface area contributed by atoms with Gasteiger partial charge in [-0.15, -0.1) is 0 Å². The van der Waals surface area contributed by atoms with E-state index < -0.39 is 0 Å². The number of rotatable bonds is 3. The normalized spacial score (nSPS) is 22.9. The second-order valence-electron chi connectivity index (χ2n) is 5.40. The van der Waals surface area contributed by atoms with Crippen molar-refractivity contribution in [2.45, 2.75) is 38.5 Å². The van der Waals surface area contributed by atoms with Gasteiger partial charge in [0.15, 0.2) is 0 Å². The van der Waals surface area contributed by atoms with Crippen LogP contribution in [0.15, 0.2) is 16.8 Å². The van der Waals surface area contributed by atoms with Gasteiger partial charge in [-0.05, 0) is 51.1 Å². The standard InChI is InChI=1S/C14H19N5O/c1-9-16-7-6-12(17-9)13-18-14(20-19-13)11-4-2-10(8-15)3-5-11/h6-7,10-11H,2-5,8,15H2,1H3. The monoisotopic (exact) mass is 273 g/mol. The van der Waals surface area contributed by atoms with E-state index in [-0.39, 0.29) is 0 Å². The van der Waals surface area contributed by atoms with Crippen molar-refractivity contribution in [1.82, 2.24) is 20.1 Å². The van der Waals surface area contributed by atoms with E-state index in [0.717, 1.165) is 38.1 Å². The highest BCUT2D eigenvalue weighted by Crippen LogP contribution is 2.35. The van der Waals surface area contributed by atoms with E-state index in [1.807, 2.05) is 6.92 Å². The van der Waals surface area contributed by atoms with Crippen LogP contribution in [0, 0.1) is 12.8 Å². The molecule has 3 rings (SSSR count). The first-order chi connectivity index (χ1) is 9.76. The maximum absolute atomic E-state index is 5.72. The van der Waals surface area contributed by atoms with Crippen molar-refractivity contribution in [3.8, 4) is 11.5 Å². The van der Waals surface area contributed by atoms with Crippen molar-refractivity contribution in [2.24, 2.45) is 11.7 Å². The van der Waals surface area contributed by atoms with Gasteiger partial charge in [0.05, 0.1) is 0 Å². The minimum atomic E-state index is 0.363. The minimum Gasteiger partial charge on any atom is -0.339 e. The van der Waals surface area contributed by atoms with Crippen LogP contribution in [0.4, 0.5) is 0 Å². The Bertz CT molecular complexity index is 574. The van der Waals surface area contributed by atoms with Crippen molar-refractivity contribution in [3.05, 3.63) is 24.0 Å². The quantitative estimate of drug-likeness (QED) is 0.920. The summed E-state index contributed by atoms with van der Waals surface area (Å²) in [4.78, 5) is 12.9. The maximum atomic E-state index is 5.72. The Hall–Kier alpha value is -1.82. The van der Waals surface area contributed by atoms with Crippen molar-refractivity contribution < 1.29 is 4.52 Å². The van der Waals surface area contributed by atoms with Gasteiger partial charge in [0.25, 0.3) is 0 Å². The predicted octanol–water partition coefficient (Wildman–Crippen LogP) is 2.07. The SMILES string of the molecule is Cc1nccc(-c2noc(C3CCC(CN)CC3)n2)n1. The molecule has 2 aromatic heterocycles. The van der Waals surface area contributed by atoms with E-state index in [9.17, 15) is 0 Å². The minimum absolute atomic E-state index is 0.363. The zero-order valence-electron chi connectivity index (χ0n) is 11.6. The highest BCUT2D eigenvalue weighted by atomic mass is 16.5. The van der Waals surface area contributed by atoms with Crippen molar-refractivity contribution in [2.75, 3.05) is 6.54 Å². The molecule has 1 aliphatic carbocycles. The zero-order chi connectivity index (χ0) is 13.9. The van der Waals surface area contributed by atoms with E-state index in [1.165, 1.54) is 0 Å².